The van der Waals surface area contributed by atoms with E-state index < -0.39 is 5.92 Å². The van der Waals surface area contributed by atoms with E-state index in [9.17, 15) is 19.5 Å². The second-order valence-corrected chi connectivity index (χ2v) is 10.9. The number of carbonyl (C=O) groups is 3. The van der Waals surface area contributed by atoms with E-state index in [1.807, 2.05) is 36.4 Å². The molecule has 0 spiro atoms. The standard InChI is InChI=1S/C32H48N2O5/c1-4-6-18-28(19-25-14-9-7-10-15-25)32(38)39-23-29(20-26-16-11-8-12-17-26)34-31(37)27(13-5-2)21-30(36)33-24(3)22-35/h4-5,7,9-10,14-15,24,26-29,35H,1-2,6,8,11-13,16-23H2,3H3,(H,33,36)(H,34,37)/t24-,27-,28-,29+/m1/s1. The summed E-state index contributed by atoms with van der Waals surface area (Å²) in [5, 5.41) is 15.0. The molecule has 1 aromatic rings. The lowest BCUT2D eigenvalue weighted by atomic mass is 9.84. The summed E-state index contributed by atoms with van der Waals surface area (Å²) in [5.41, 5.74) is 1.08. The number of nitrogens with one attached hydrogen (secondary N) is 2. The van der Waals surface area contributed by atoms with Crippen molar-refractivity contribution in [2.24, 2.45) is 17.8 Å². The first-order valence-corrected chi connectivity index (χ1v) is 14.5. The minimum Gasteiger partial charge on any atom is -0.463 e. The number of hydrogen-bond donors (Lipinski definition) is 3. The van der Waals surface area contributed by atoms with Gasteiger partial charge in [0.1, 0.15) is 6.61 Å². The molecule has 0 aliphatic heterocycles. The molecular formula is C32H48N2O5. The van der Waals surface area contributed by atoms with Crippen LogP contribution in [0.2, 0.25) is 0 Å². The fraction of sp³-hybridized carbons (Fsp3) is 0.594. The number of ether oxygens (including phenoxy) is 1. The van der Waals surface area contributed by atoms with Crippen molar-refractivity contribution in [3.8, 4) is 0 Å². The quantitative estimate of drug-likeness (QED) is 0.182. The van der Waals surface area contributed by atoms with Gasteiger partial charge in [0.25, 0.3) is 0 Å². The van der Waals surface area contributed by atoms with E-state index in [1.54, 1.807) is 13.0 Å². The van der Waals surface area contributed by atoms with Crippen molar-refractivity contribution in [2.75, 3.05) is 13.2 Å². The van der Waals surface area contributed by atoms with Gasteiger partial charge in [0.15, 0.2) is 0 Å². The maximum Gasteiger partial charge on any atom is 0.309 e. The predicted octanol–water partition coefficient (Wildman–Crippen LogP) is 4.89. The summed E-state index contributed by atoms with van der Waals surface area (Å²) in [6, 6.07) is 9.20. The SMILES string of the molecule is C=CCC[C@H](Cc1ccccc1)C(=O)OC[C@H](CC1CCCCC1)NC(=O)[C@H](CC=C)CC(=O)N[C@H](C)CO. The van der Waals surface area contributed by atoms with Gasteiger partial charge < -0.3 is 20.5 Å². The number of esters is 1. The van der Waals surface area contributed by atoms with Crippen molar-refractivity contribution >= 4 is 17.8 Å². The van der Waals surface area contributed by atoms with Crippen LogP contribution < -0.4 is 10.6 Å². The molecular weight excluding hydrogens is 492 g/mol. The maximum atomic E-state index is 13.3. The van der Waals surface area contributed by atoms with Gasteiger partial charge in [0.05, 0.1) is 24.5 Å². The first-order chi connectivity index (χ1) is 18.9. The molecule has 1 aliphatic rings. The van der Waals surface area contributed by atoms with E-state index in [0.717, 1.165) is 31.2 Å². The average molecular weight is 541 g/mol. The number of aliphatic hydroxyl groups excluding tert-OH is 1. The third kappa shape index (κ3) is 12.6. The Bertz CT molecular complexity index is 897. The Labute approximate surface area is 234 Å². The minimum atomic E-state index is -0.587. The number of benzene rings is 1. The molecule has 1 fully saturated rings. The summed E-state index contributed by atoms with van der Waals surface area (Å²) in [4.78, 5) is 38.9. The third-order valence-electron chi connectivity index (χ3n) is 7.43. The van der Waals surface area contributed by atoms with E-state index in [0.29, 0.717) is 25.2 Å². The van der Waals surface area contributed by atoms with Crippen LogP contribution in [0.1, 0.15) is 76.7 Å². The van der Waals surface area contributed by atoms with Gasteiger partial charge in [-0.15, -0.1) is 13.2 Å². The Kier molecular flexibility index (Phi) is 15.2. The largest absolute Gasteiger partial charge is 0.463 e. The predicted molar refractivity (Wildman–Crippen MR) is 155 cm³/mol. The Morgan fingerprint density at radius 2 is 1.77 bits per heavy atom. The van der Waals surface area contributed by atoms with Gasteiger partial charge in [0.2, 0.25) is 11.8 Å². The first kappa shape index (κ1) is 32.3. The molecule has 0 saturated heterocycles. The number of allylic oxidation sites excluding steroid dienone is 2. The Hall–Kier alpha value is -2.93. The molecule has 0 unspecified atom stereocenters. The summed E-state index contributed by atoms with van der Waals surface area (Å²) in [6.45, 7) is 9.19. The van der Waals surface area contributed by atoms with Crippen molar-refractivity contribution < 1.29 is 24.2 Å². The van der Waals surface area contributed by atoms with Gasteiger partial charge in [-0.05, 0) is 50.5 Å². The smallest absolute Gasteiger partial charge is 0.309 e. The molecule has 0 aromatic heterocycles. The molecule has 2 rings (SSSR count). The van der Waals surface area contributed by atoms with Crippen molar-refractivity contribution in [1.82, 2.24) is 10.6 Å². The fourth-order valence-electron chi connectivity index (χ4n) is 5.22. The average Bonchev–Trinajstić information content (AvgIpc) is 2.94. The van der Waals surface area contributed by atoms with Gasteiger partial charge in [-0.3, -0.25) is 14.4 Å². The van der Waals surface area contributed by atoms with E-state index >= 15 is 0 Å². The summed E-state index contributed by atoms with van der Waals surface area (Å²) in [6.07, 6.45) is 12.3. The lowest BCUT2D eigenvalue weighted by molar-refractivity contribution is -0.150. The molecule has 2 amide bonds. The van der Waals surface area contributed by atoms with Gasteiger partial charge >= 0.3 is 5.97 Å². The molecule has 1 aliphatic carbocycles. The number of rotatable bonds is 18. The second-order valence-electron chi connectivity index (χ2n) is 10.9. The van der Waals surface area contributed by atoms with Crippen LogP contribution in [0.4, 0.5) is 0 Å². The Morgan fingerprint density at radius 1 is 1.05 bits per heavy atom. The van der Waals surface area contributed by atoms with Crippen LogP contribution in [-0.4, -0.2) is 48.2 Å². The summed E-state index contributed by atoms with van der Waals surface area (Å²) < 4.78 is 5.85. The topological polar surface area (TPSA) is 105 Å². The lowest BCUT2D eigenvalue weighted by Crippen LogP contribution is -2.45. The number of hydrogen-bond acceptors (Lipinski definition) is 5. The highest BCUT2D eigenvalue weighted by Crippen LogP contribution is 2.28. The van der Waals surface area contributed by atoms with Gasteiger partial charge in [0, 0.05) is 12.5 Å². The summed E-state index contributed by atoms with van der Waals surface area (Å²) in [7, 11) is 0. The number of amides is 2. The highest BCUT2D eigenvalue weighted by Gasteiger charge is 2.28. The molecule has 7 nitrogen and oxygen atoms in total. The van der Waals surface area contributed by atoms with Crippen LogP contribution in [0.5, 0.6) is 0 Å². The highest BCUT2D eigenvalue weighted by molar-refractivity contribution is 5.86. The van der Waals surface area contributed by atoms with Crippen LogP contribution in [0.3, 0.4) is 0 Å². The van der Waals surface area contributed by atoms with E-state index in [-0.39, 0.29) is 55.4 Å². The van der Waals surface area contributed by atoms with E-state index in [1.165, 1.54) is 19.3 Å². The van der Waals surface area contributed by atoms with Crippen molar-refractivity contribution in [2.45, 2.75) is 89.6 Å². The molecule has 7 heteroatoms. The molecule has 39 heavy (non-hydrogen) atoms. The van der Waals surface area contributed by atoms with E-state index in [4.69, 9.17) is 4.74 Å². The monoisotopic (exact) mass is 540 g/mol. The molecule has 0 radical (unpaired) electrons. The van der Waals surface area contributed by atoms with E-state index in [2.05, 4.69) is 23.8 Å². The molecule has 3 N–H and O–H groups in total. The fourth-order valence-corrected chi connectivity index (χ4v) is 5.22. The van der Waals surface area contributed by atoms with Crippen molar-refractivity contribution in [3.05, 3.63) is 61.2 Å². The second kappa shape index (κ2) is 18.4. The van der Waals surface area contributed by atoms with Crippen LogP contribution in [0, 0.1) is 17.8 Å². The molecule has 1 saturated carbocycles. The normalized spacial score (nSPS) is 16.8. The van der Waals surface area contributed by atoms with Crippen molar-refractivity contribution in [1.29, 1.82) is 0 Å². The molecule has 0 heterocycles. The first-order valence-electron chi connectivity index (χ1n) is 14.5. The summed E-state index contributed by atoms with van der Waals surface area (Å²) in [5.74, 6) is -1.21. The zero-order valence-electron chi connectivity index (χ0n) is 23.6. The van der Waals surface area contributed by atoms with Crippen LogP contribution >= 0.6 is 0 Å². The van der Waals surface area contributed by atoms with Gasteiger partial charge in [-0.1, -0.05) is 74.6 Å². The zero-order chi connectivity index (χ0) is 28.5. The molecule has 4 atom stereocenters. The maximum absolute atomic E-state index is 13.3. The van der Waals surface area contributed by atoms with Crippen LogP contribution in [-0.2, 0) is 25.5 Å². The van der Waals surface area contributed by atoms with Crippen LogP contribution in [0.25, 0.3) is 0 Å². The zero-order valence-corrected chi connectivity index (χ0v) is 23.6. The molecule has 216 valence electrons. The lowest BCUT2D eigenvalue weighted by Gasteiger charge is -2.28. The summed E-state index contributed by atoms with van der Waals surface area (Å²) >= 11 is 0. The molecule has 0 bridgehead atoms. The Morgan fingerprint density at radius 3 is 2.41 bits per heavy atom. The van der Waals surface area contributed by atoms with Crippen LogP contribution in [0.15, 0.2) is 55.6 Å². The number of carbonyl (C=O) groups excluding carboxylic acids is 3. The van der Waals surface area contributed by atoms with Crippen molar-refractivity contribution in [3.63, 3.8) is 0 Å². The van der Waals surface area contributed by atoms with Gasteiger partial charge in [-0.2, -0.15) is 0 Å². The van der Waals surface area contributed by atoms with Gasteiger partial charge in [-0.25, -0.2) is 0 Å². The Balaban J connectivity index is 2.07. The molecule has 1 aromatic carbocycles. The number of aliphatic hydroxyl groups is 1. The highest BCUT2D eigenvalue weighted by atomic mass is 16.5. The minimum absolute atomic E-state index is 0.00116. The third-order valence-corrected chi connectivity index (χ3v) is 7.43.